The molecule has 28 heavy (non-hydrogen) atoms. The SMILES string of the molecule is CCc1cc(=O)[nH]c(-n2nc(C)cc2NC(=O)C(=O)N2CC(C)CC(C)C2)n1. The van der Waals surface area contributed by atoms with E-state index in [4.69, 9.17) is 0 Å². The van der Waals surface area contributed by atoms with Crippen molar-refractivity contribution in [1.29, 1.82) is 0 Å². The van der Waals surface area contributed by atoms with E-state index in [2.05, 4.69) is 34.2 Å². The van der Waals surface area contributed by atoms with Crippen LogP contribution in [0, 0.1) is 18.8 Å². The summed E-state index contributed by atoms with van der Waals surface area (Å²) >= 11 is 0. The molecule has 1 aliphatic heterocycles. The molecular formula is C19H26N6O3. The number of likely N-dealkylation sites (tertiary alicyclic amines) is 1. The first kappa shape index (κ1) is 19.8. The first-order valence-electron chi connectivity index (χ1n) is 9.54. The number of H-pyrrole nitrogens is 1. The van der Waals surface area contributed by atoms with Crippen molar-refractivity contribution in [3.8, 4) is 5.95 Å². The summed E-state index contributed by atoms with van der Waals surface area (Å²) in [5, 5.41) is 6.91. The highest BCUT2D eigenvalue weighted by atomic mass is 16.2. The van der Waals surface area contributed by atoms with Gasteiger partial charge >= 0.3 is 11.8 Å². The molecular weight excluding hydrogens is 360 g/mol. The molecule has 0 bridgehead atoms. The number of rotatable bonds is 3. The Balaban J connectivity index is 1.83. The molecule has 2 aromatic heterocycles. The van der Waals surface area contributed by atoms with Gasteiger partial charge < -0.3 is 10.2 Å². The van der Waals surface area contributed by atoms with Gasteiger partial charge in [-0.25, -0.2) is 4.98 Å². The van der Waals surface area contributed by atoms with Crippen molar-refractivity contribution in [2.75, 3.05) is 18.4 Å². The molecule has 9 heteroatoms. The van der Waals surface area contributed by atoms with Crippen LogP contribution in [0.2, 0.25) is 0 Å². The van der Waals surface area contributed by atoms with E-state index in [1.54, 1.807) is 17.9 Å². The van der Waals surface area contributed by atoms with E-state index in [0.29, 0.717) is 42.7 Å². The Morgan fingerprint density at radius 2 is 1.93 bits per heavy atom. The van der Waals surface area contributed by atoms with Crippen molar-refractivity contribution >= 4 is 17.6 Å². The van der Waals surface area contributed by atoms with Crippen molar-refractivity contribution in [2.24, 2.45) is 11.8 Å². The van der Waals surface area contributed by atoms with Crippen molar-refractivity contribution in [1.82, 2.24) is 24.6 Å². The summed E-state index contributed by atoms with van der Waals surface area (Å²) in [5.41, 5.74) is 0.920. The van der Waals surface area contributed by atoms with E-state index >= 15 is 0 Å². The van der Waals surface area contributed by atoms with Crippen LogP contribution in [-0.4, -0.2) is 49.6 Å². The minimum atomic E-state index is -0.726. The molecule has 150 valence electrons. The fraction of sp³-hybridized carbons (Fsp3) is 0.526. The third-order valence-electron chi connectivity index (χ3n) is 4.77. The molecule has 0 saturated carbocycles. The van der Waals surface area contributed by atoms with Crippen LogP contribution in [0.15, 0.2) is 16.9 Å². The molecule has 0 aromatic carbocycles. The quantitative estimate of drug-likeness (QED) is 0.772. The summed E-state index contributed by atoms with van der Waals surface area (Å²) in [6.07, 6.45) is 1.63. The first-order valence-corrected chi connectivity index (χ1v) is 9.54. The van der Waals surface area contributed by atoms with Gasteiger partial charge in [0.25, 0.3) is 5.56 Å². The van der Waals surface area contributed by atoms with Crippen LogP contribution in [0.1, 0.15) is 38.6 Å². The maximum atomic E-state index is 12.6. The van der Waals surface area contributed by atoms with Gasteiger partial charge in [-0.05, 0) is 31.6 Å². The van der Waals surface area contributed by atoms with Gasteiger partial charge in [-0.15, -0.1) is 0 Å². The van der Waals surface area contributed by atoms with Gasteiger partial charge in [-0.3, -0.25) is 19.4 Å². The maximum absolute atomic E-state index is 12.6. The Kier molecular flexibility index (Phi) is 5.62. The lowest BCUT2D eigenvalue weighted by atomic mass is 9.92. The van der Waals surface area contributed by atoms with E-state index in [0.717, 1.165) is 6.42 Å². The summed E-state index contributed by atoms with van der Waals surface area (Å²) in [6, 6.07) is 3.05. The van der Waals surface area contributed by atoms with Gasteiger partial charge in [0.2, 0.25) is 5.95 Å². The van der Waals surface area contributed by atoms with Gasteiger partial charge in [0.05, 0.1) is 5.69 Å². The molecule has 0 aliphatic carbocycles. The number of nitrogens with zero attached hydrogens (tertiary/aromatic N) is 4. The number of aryl methyl sites for hydroxylation is 2. The van der Waals surface area contributed by atoms with E-state index < -0.39 is 11.8 Å². The van der Waals surface area contributed by atoms with E-state index in [1.807, 2.05) is 6.92 Å². The summed E-state index contributed by atoms with van der Waals surface area (Å²) in [6.45, 7) is 8.94. The average Bonchev–Trinajstić information content (AvgIpc) is 2.99. The first-order chi connectivity index (χ1) is 13.3. The zero-order valence-electron chi connectivity index (χ0n) is 16.7. The molecule has 2 unspecified atom stereocenters. The molecule has 1 fully saturated rings. The van der Waals surface area contributed by atoms with Crippen LogP contribution < -0.4 is 10.9 Å². The third kappa shape index (κ3) is 4.29. The van der Waals surface area contributed by atoms with Gasteiger partial charge in [0.1, 0.15) is 5.82 Å². The second-order valence-corrected chi connectivity index (χ2v) is 7.61. The molecule has 2 atom stereocenters. The molecule has 2 N–H and O–H groups in total. The highest BCUT2D eigenvalue weighted by molar-refractivity contribution is 6.39. The summed E-state index contributed by atoms with van der Waals surface area (Å²) in [4.78, 5) is 45.6. The monoisotopic (exact) mass is 386 g/mol. The second-order valence-electron chi connectivity index (χ2n) is 7.61. The largest absolute Gasteiger partial charge is 0.334 e. The van der Waals surface area contributed by atoms with Crippen LogP contribution in [0.3, 0.4) is 0 Å². The molecule has 1 aliphatic rings. The number of aromatic nitrogens is 4. The van der Waals surface area contributed by atoms with E-state index in [1.165, 1.54) is 10.7 Å². The predicted molar refractivity (Wildman–Crippen MR) is 104 cm³/mol. The lowest BCUT2D eigenvalue weighted by Crippen LogP contribution is -2.47. The Morgan fingerprint density at radius 3 is 2.57 bits per heavy atom. The molecule has 9 nitrogen and oxygen atoms in total. The number of nitrogens with one attached hydrogen (secondary N) is 2. The summed E-state index contributed by atoms with van der Waals surface area (Å²) in [5.74, 6) is -0.0894. The van der Waals surface area contributed by atoms with Crippen LogP contribution in [0.4, 0.5) is 5.82 Å². The average molecular weight is 386 g/mol. The number of amides is 2. The molecule has 0 radical (unpaired) electrons. The van der Waals surface area contributed by atoms with Crippen molar-refractivity contribution < 1.29 is 9.59 Å². The third-order valence-corrected chi connectivity index (χ3v) is 4.77. The highest BCUT2D eigenvalue weighted by Gasteiger charge is 2.30. The predicted octanol–water partition coefficient (Wildman–Crippen LogP) is 1.27. The van der Waals surface area contributed by atoms with Crippen LogP contribution >= 0.6 is 0 Å². The van der Waals surface area contributed by atoms with E-state index in [-0.39, 0.29) is 17.3 Å². The Labute approximate surface area is 163 Å². The van der Waals surface area contributed by atoms with Crippen LogP contribution in [-0.2, 0) is 16.0 Å². The fourth-order valence-electron chi connectivity index (χ4n) is 3.67. The normalized spacial score (nSPS) is 19.5. The Morgan fingerprint density at radius 1 is 1.25 bits per heavy atom. The number of carbonyl (C=O) groups is 2. The molecule has 1 saturated heterocycles. The topological polar surface area (TPSA) is 113 Å². The van der Waals surface area contributed by atoms with Crippen molar-refractivity contribution in [3.05, 3.63) is 33.9 Å². The molecule has 2 aromatic rings. The minimum Gasteiger partial charge on any atom is -0.334 e. The number of hydrogen-bond donors (Lipinski definition) is 2. The van der Waals surface area contributed by atoms with Gasteiger partial charge in [0.15, 0.2) is 0 Å². The number of hydrogen-bond acceptors (Lipinski definition) is 5. The van der Waals surface area contributed by atoms with Crippen molar-refractivity contribution in [3.63, 3.8) is 0 Å². The zero-order valence-corrected chi connectivity index (χ0v) is 16.7. The van der Waals surface area contributed by atoms with Crippen LogP contribution in [0.25, 0.3) is 5.95 Å². The van der Waals surface area contributed by atoms with Gasteiger partial charge in [-0.1, -0.05) is 20.8 Å². The maximum Gasteiger partial charge on any atom is 0.315 e. The lowest BCUT2D eigenvalue weighted by Gasteiger charge is -2.34. The molecule has 2 amide bonds. The highest BCUT2D eigenvalue weighted by Crippen LogP contribution is 2.21. The number of piperidine rings is 1. The zero-order chi connectivity index (χ0) is 20.4. The smallest absolute Gasteiger partial charge is 0.315 e. The summed E-state index contributed by atoms with van der Waals surface area (Å²) < 4.78 is 1.34. The minimum absolute atomic E-state index is 0.195. The molecule has 0 spiro atoms. The standard InChI is InChI=1S/C19H26N6O3/c1-5-14-8-16(26)22-19(20-14)25-15(7-13(4)23-25)21-17(27)18(28)24-9-11(2)6-12(3)10-24/h7-8,11-12H,5-6,9-10H2,1-4H3,(H,21,27)(H,20,22,26). The summed E-state index contributed by atoms with van der Waals surface area (Å²) in [7, 11) is 0. The van der Waals surface area contributed by atoms with Crippen molar-refractivity contribution in [2.45, 2.75) is 40.5 Å². The lowest BCUT2D eigenvalue weighted by molar-refractivity contribution is -0.145. The van der Waals surface area contributed by atoms with Crippen LogP contribution in [0.5, 0.6) is 0 Å². The van der Waals surface area contributed by atoms with Gasteiger partial charge in [0, 0.05) is 30.9 Å². The molecule has 3 rings (SSSR count). The fourth-order valence-corrected chi connectivity index (χ4v) is 3.67. The van der Waals surface area contributed by atoms with E-state index in [9.17, 15) is 14.4 Å². The Bertz CT molecular complexity index is 937. The molecule has 3 heterocycles. The second kappa shape index (κ2) is 7.95. The Hall–Kier alpha value is -2.97. The number of carbonyl (C=O) groups excluding carboxylic acids is 2. The number of aromatic amines is 1. The van der Waals surface area contributed by atoms with Gasteiger partial charge in [-0.2, -0.15) is 9.78 Å². The number of anilines is 1.